The van der Waals surface area contributed by atoms with Gasteiger partial charge in [-0.05, 0) is 38.0 Å². The number of benzene rings is 1. The molecule has 3 aromatic heterocycles. The number of fused-ring (bicyclic) bond motifs is 1. The smallest absolute Gasteiger partial charge is 0.348 e. The Morgan fingerprint density at radius 2 is 1.86 bits per heavy atom. The van der Waals surface area contributed by atoms with E-state index < -0.39 is 29.7 Å². The number of thiophene rings is 1. The maximum absolute atomic E-state index is 13.4. The van der Waals surface area contributed by atoms with Crippen molar-refractivity contribution in [1.29, 1.82) is 0 Å². The van der Waals surface area contributed by atoms with Crippen LogP contribution in [0.4, 0.5) is 5.00 Å². The van der Waals surface area contributed by atoms with Crippen LogP contribution in [0.1, 0.15) is 34.6 Å². The third-order valence-corrected chi connectivity index (χ3v) is 6.58. The molecule has 1 amide bonds. The van der Waals surface area contributed by atoms with E-state index in [1.54, 1.807) is 24.5 Å². The van der Waals surface area contributed by atoms with Gasteiger partial charge >= 0.3 is 11.7 Å². The van der Waals surface area contributed by atoms with Gasteiger partial charge in [-0.1, -0.05) is 30.3 Å². The highest BCUT2D eigenvalue weighted by Crippen LogP contribution is 2.27. The predicted octanol–water partition coefficient (Wildman–Crippen LogP) is 2.61. The molecule has 4 rings (SSSR count). The molecule has 0 unspecified atom stereocenters. The molecule has 0 aliphatic heterocycles. The first-order valence-electron chi connectivity index (χ1n) is 11.1. The van der Waals surface area contributed by atoms with Crippen molar-refractivity contribution in [2.75, 3.05) is 11.9 Å². The summed E-state index contributed by atoms with van der Waals surface area (Å²) in [6, 6.07) is 11.0. The van der Waals surface area contributed by atoms with Gasteiger partial charge in [0, 0.05) is 6.54 Å². The van der Waals surface area contributed by atoms with Crippen molar-refractivity contribution < 1.29 is 14.3 Å². The van der Waals surface area contributed by atoms with E-state index in [1.807, 2.05) is 37.3 Å². The minimum Gasteiger partial charge on any atom is -0.462 e. The number of carbonyl (C=O) groups excluding carboxylic acids is 2. The molecule has 0 aliphatic rings. The fourth-order valence-electron chi connectivity index (χ4n) is 3.79. The van der Waals surface area contributed by atoms with E-state index >= 15 is 0 Å². The summed E-state index contributed by atoms with van der Waals surface area (Å²) >= 11 is 1.08. The van der Waals surface area contributed by atoms with E-state index in [1.165, 1.54) is 10.9 Å². The molecule has 182 valence electrons. The molecule has 10 nitrogen and oxygen atoms in total. The number of aryl methyl sites for hydroxylation is 2. The number of ether oxygens (including phenoxy) is 1. The van der Waals surface area contributed by atoms with E-state index in [0.29, 0.717) is 22.0 Å². The number of aromatic nitrogens is 4. The lowest BCUT2D eigenvalue weighted by Gasteiger charge is -2.12. The van der Waals surface area contributed by atoms with E-state index in [4.69, 9.17) is 4.74 Å². The molecule has 4 aromatic rings. The van der Waals surface area contributed by atoms with Gasteiger partial charge in [0.2, 0.25) is 5.91 Å². The Balaban J connectivity index is 1.69. The van der Waals surface area contributed by atoms with Gasteiger partial charge in [0.05, 0.1) is 24.5 Å². The van der Waals surface area contributed by atoms with Crippen molar-refractivity contribution in [3.63, 3.8) is 0 Å². The van der Waals surface area contributed by atoms with Gasteiger partial charge < -0.3 is 14.6 Å². The van der Waals surface area contributed by atoms with Crippen molar-refractivity contribution in [3.05, 3.63) is 79.6 Å². The third kappa shape index (κ3) is 4.80. The van der Waals surface area contributed by atoms with E-state index in [2.05, 4.69) is 10.3 Å². The standard InChI is InChI=1S/C24H25N5O5S/c1-4-27-14-25-21-19(27)22(31)29(24(33)28(21)12-16-9-7-6-8-10-16)13-17(30)26-18-11-15(3)20(35-18)23(32)34-5-2/h6-11,14H,4-5,12-13H2,1-3H3,(H,26,30). The Hall–Kier alpha value is -3.99. The average Bonchev–Trinajstić information content (AvgIpc) is 3.43. The minimum atomic E-state index is -0.627. The zero-order chi connectivity index (χ0) is 25.1. The van der Waals surface area contributed by atoms with E-state index in [-0.39, 0.29) is 24.3 Å². The largest absolute Gasteiger partial charge is 0.462 e. The van der Waals surface area contributed by atoms with Crippen molar-refractivity contribution >= 4 is 39.4 Å². The summed E-state index contributed by atoms with van der Waals surface area (Å²) in [7, 11) is 0. The normalized spacial score (nSPS) is 11.1. The Labute approximate surface area is 204 Å². The molecule has 0 bridgehead atoms. The Kier molecular flexibility index (Phi) is 6.97. The quantitative estimate of drug-likeness (QED) is 0.376. The highest BCUT2D eigenvalue weighted by atomic mass is 32.1. The van der Waals surface area contributed by atoms with Crippen molar-refractivity contribution in [1.82, 2.24) is 18.7 Å². The second-order valence-electron chi connectivity index (χ2n) is 7.84. The number of imidazole rings is 1. The SMILES string of the molecule is CCOC(=O)c1sc(NC(=O)Cn2c(=O)c3c(ncn3CC)n(Cc3ccccc3)c2=O)cc1C. The number of esters is 1. The number of amides is 1. The molecular weight excluding hydrogens is 470 g/mol. The zero-order valence-corrected chi connectivity index (χ0v) is 20.4. The van der Waals surface area contributed by atoms with Crippen LogP contribution in [0.5, 0.6) is 0 Å². The van der Waals surface area contributed by atoms with Crippen LogP contribution in [0, 0.1) is 6.92 Å². The Bertz CT molecular complexity index is 1510. The summed E-state index contributed by atoms with van der Waals surface area (Å²) in [4.78, 5) is 56.2. The molecule has 0 spiro atoms. The number of rotatable bonds is 8. The van der Waals surface area contributed by atoms with E-state index in [0.717, 1.165) is 21.5 Å². The zero-order valence-electron chi connectivity index (χ0n) is 19.6. The monoisotopic (exact) mass is 495 g/mol. The molecule has 3 heterocycles. The average molecular weight is 496 g/mol. The summed E-state index contributed by atoms with van der Waals surface area (Å²) in [5.41, 5.74) is 0.843. The third-order valence-electron chi connectivity index (χ3n) is 5.45. The predicted molar refractivity (Wildman–Crippen MR) is 133 cm³/mol. The fraction of sp³-hybridized carbons (Fsp3) is 0.292. The maximum Gasteiger partial charge on any atom is 0.348 e. The molecule has 11 heteroatoms. The topological polar surface area (TPSA) is 117 Å². The highest BCUT2D eigenvalue weighted by molar-refractivity contribution is 7.18. The van der Waals surface area contributed by atoms with Crippen molar-refractivity contribution in [2.45, 2.75) is 40.4 Å². The Morgan fingerprint density at radius 3 is 2.54 bits per heavy atom. The molecule has 0 saturated carbocycles. The summed E-state index contributed by atoms with van der Waals surface area (Å²) in [6.45, 7) is 5.76. The first-order valence-corrected chi connectivity index (χ1v) is 12.0. The molecular formula is C24H25N5O5S. The number of anilines is 1. The van der Waals surface area contributed by atoms with Gasteiger partial charge in [0.15, 0.2) is 11.2 Å². The summed E-state index contributed by atoms with van der Waals surface area (Å²) in [5, 5.41) is 3.11. The molecule has 0 saturated heterocycles. The maximum atomic E-state index is 13.4. The van der Waals surface area contributed by atoms with Gasteiger partial charge in [0.25, 0.3) is 5.56 Å². The van der Waals surface area contributed by atoms with Crippen LogP contribution in [0.15, 0.2) is 52.3 Å². The number of hydrogen-bond donors (Lipinski definition) is 1. The van der Waals surface area contributed by atoms with Crippen LogP contribution >= 0.6 is 11.3 Å². The van der Waals surface area contributed by atoms with Crippen molar-refractivity contribution in [3.8, 4) is 0 Å². The highest BCUT2D eigenvalue weighted by Gasteiger charge is 2.21. The van der Waals surface area contributed by atoms with Gasteiger partial charge in [0.1, 0.15) is 11.4 Å². The second kappa shape index (κ2) is 10.1. The first kappa shape index (κ1) is 24.1. The summed E-state index contributed by atoms with van der Waals surface area (Å²) in [5.74, 6) is -1.03. The van der Waals surface area contributed by atoms with Crippen LogP contribution in [0.25, 0.3) is 11.2 Å². The van der Waals surface area contributed by atoms with E-state index in [9.17, 15) is 19.2 Å². The number of nitrogens with zero attached hydrogens (tertiary/aromatic N) is 4. The van der Waals surface area contributed by atoms with Crippen LogP contribution in [0.2, 0.25) is 0 Å². The lowest BCUT2D eigenvalue weighted by Crippen LogP contribution is -2.43. The molecule has 0 aliphatic carbocycles. The van der Waals surface area contributed by atoms with Crippen molar-refractivity contribution in [2.24, 2.45) is 0 Å². The van der Waals surface area contributed by atoms with Crippen LogP contribution in [-0.4, -0.2) is 37.2 Å². The van der Waals surface area contributed by atoms with Crippen LogP contribution in [-0.2, 0) is 29.2 Å². The minimum absolute atomic E-state index is 0.200. The number of carbonyl (C=O) groups is 2. The van der Waals surface area contributed by atoms with Gasteiger partial charge in [-0.3, -0.25) is 14.2 Å². The van der Waals surface area contributed by atoms with Gasteiger partial charge in [-0.25, -0.2) is 19.1 Å². The Morgan fingerprint density at radius 1 is 1.11 bits per heavy atom. The first-order chi connectivity index (χ1) is 16.8. The van der Waals surface area contributed by atoms with Gasteiger partial charge in [-0.2, -0.15) is 0 Å². The summed E-state index contributed by atoms with van der Waals surface area (Å²) in [6.07, 6.45) is 1.52. The molecule has 1 aromatic carbocycles. The molecule has 0 atom stereocenters. The van der Waals surface area contributed by atoms with Crippen LogP contribution < -0.4 is 16.6 Å². The number of hydrogen-bond acceptors (Lipinski definition) is 7. The molecule has 1 N–H and O–H groups in total. The van der Waals surface area contributed by atoms with Crippen LogP contribution in [0.3, 0.4) is 0 Å². The lowest BCUT2D eigenvalue weighted by molar-refractivity contribution is -0.116. The lowest BCUT2D eigenvalue weighted by atomic mass is 10.2. The number of nitrogens with one attached hydrogen (secondary N) is 1. The molecule has 0 fully saturated rings. The van der Waals surface area contributed by atoms with Gasteiger partial charge in [-0.15, -0.1) is 11.3 Å². The molecule has 35 heavy (non-hydrogen) atoms. The molecule has 0 radical (unpaired) electrons. The summed E-state index contributed by atoms with van der Waals surface area (Å²) < 4.78 is 9.01. The fourth-order valence-corrected chi connectivity index (χ4v) is 4.77. The second-order valence-corrected chi connectivity index (χ2v) is 8.89.